The van der Waals surface area contributed by atoms with Crippen molar-refractivity contribution in [1.82, 2.24) is 19.6 Å². The van der Waals surface area contributed by atoms with Crippen molar-refractivity contribution in [2.45, 2.75) is 19.6 Å². The first-order valence-corrected chi connectivity index (χ1v) is 8.37. The van der Waals surface area contributed by atoms with Gasteiger partial charge in [0, 0.05) is 11.6 Å². The predicted molar refractivity (Wildman–Crippen MR) is 99.3 cm³/mol. The Morgan fingerprint density at radius 1 is 1.08 bits per heavy atom. The molecule has 0 aliphatic rings. The molecule has 0 saturated heterocycles. The molecule has 0 aliphatic carbocycles. The highest BCUT2D eigenvalue weighted by Gasteiger charge is 2.14. The fourth-order valence-electron chi connectivity index (χ4n) is 2.86. The summed E-state index contributed by atoms with van der Waals surface area (Å²) in [5.41, 5.74) is 2.75. The van der Waals surface area contributed by atoms with Crippen LogP contribution in [0.3, 0.4) is 0 Å². The molecular formula is C20H18N4O2. The molecule has 0 saturated carbocycles. The molecule has 2 aromatic carbocycles. The lowest BCUT2D eigenvalue weighted by Gasteiger charge is -2.12. The number of rotatable bonds is 4. The molecule has 0 bridgehead atoms. The van der Waals surface area contributed by atoms with Crippen LogP contribution < -0.4 is 5.56 Å². The predicted octanol–water partition coefficient (Wildman–Crippen LogP) is 2.62. The summed E-state index contributed by atoms with van der Waals surface area (Å²) in [6.45, 7) is 2.06. The topological polar surface area (TPSA) is 72.9 Å². The number of aliphatic hydroxyl groups excluding tert-OH is 1. The first-order valence-electron chi connectivity index (χ1n) is 8.37. The number of hydrogen-bond acceptors (Lipinski definition) is 4. The average molecular weight is 346 g/mol. The van der Waals surface area contributed by atoms with Crippen molar-refractivity contribution < 1.29 is 5.11 Å². The van der Waals surface area contributed by atoms with Crippen LogP contribution in [0.1, 0.15) is 17.2 Å². The maximum atomic E-state index is 12.7. The van der Waals surface area contributed by atoms with Crippen molar-refractivity contribution in [1.29, 1.82) is 0 Å². The van der Waals surface area contributed by atoms with Crippen LogP contribution in [0, 0.1) is 6.92 Å². The number of para-hydroxylation sites is 1. The van der Waals surface area contributed by atoms with Gasteiger partial charge in [0.25, 0.3) is 5.56 Å². The molecular weight excluding hydrogens is 328 g/mol. The lowest BCUT2D eigenvalue weighted by molar-refractivity contribution is 0.149. The smallest absolute Gasteiger partial charge is 0.295 e. The molecule has 2 aromatic heterocycles. The van der Waals surface area contributed by atoms with Gasteiger partial charge in [-0.2, -0.15) is 10.2 Å². The Balaban J connectivity index is 1.67. The second-order valence-electron chi connectivity index (χ2n) is 6.27. The average Bonchev–Trinajstić information content (AvgIpc) is 3.10. The van der Waals surface area contributed by atoms with E-state index in [4.69, 9.17) is 0 Å². The van der Waals surface area contributed by atoms with Gasteiger partial charge < -0.3 is 5.11 Å². The van der Waals surface area contributed by atoms with Crippen LogP contribution in [-0.2, 0) is 6.54 Å². The third-order valence-electron chi connectivity index (χ3n) is 4.34. The molecule has 1 atom stereocenters. The Hall–Kier alpha value is -3.25. The number of hydrogen-bond donors (Lipinski definition) is 1. The number of benzene rings is 2. The van der Waals surface area contributed by atoms with E-state index < -0.39 is 6.10 Å². The number of aliphatic hydroxyl groups is 1. The molecule has 4 aromatic rings. The maximum absolute atomic E-state index is 12.7. The second kappa shape index (κ2) is 6.57. The lowest BCUT2D eigenvalue weighted by Crippen LogP contribution is -2.25. The molecule has 6 nitrogen and oxygen atoms in total. The van der Waals surface area contributed by atoms with Gasteiger partial charge in [-0.25, -0.2) is 9.36 Å². The van der Waals surface area contributed by atoms with E-state index in [1.807, 2.05) is 61.5 Å². The monoisotopic (exact) mass is 346 g/mol. The normalized spacial score (nSPS) is 12.4. The van der Waals surface area contributed by atoms with Crippen LogP contribution in [0.15, 0.2) is 71.8 Å². The Kier molecular flexibility index (Phi) is 4.10. The molecule has 26 heavy (non-hydrogen) atoms. The fourth-order valence-corrected chi connectivity index (χ4v) is 2.86. The van der Waals surface area contributed by atoms with Crippen molar-refractivity contribution in [2.75, 3.05) is 0 Å². The van der Waals surface area contributed by atoms with E-state index >= 15 is 0 Å². The Morgan fingerprint density at radius 2 is 1.81 bits per heavy atom. The van der Waals surface area contributed by atoms with Gasteiger partial charge in [0.05, 0.1) is 24.5 Å². The molecule has 1 N–H and O–H groups in total. The number of aryl methyl sites for hydroxylation is 1. The van der Waals surface area contributed by atoms with Gasteiger partial charge in [0.2, 0.25) is 0 Å². The van der Waals surface area contributed by atoms with Crippen LogP contribution in [0.2, 0.25) is 0 Å². The molecule has 0 amide bonds. The molecule has 0 radical (unpaired) electrons. The van der Waals surface area contributed by atoms with E-state index in [-0.39, 0.29) is 12.1 Å². The SMILES string of the molecule is Cc1ccc(C(O)Cn2ncc3cn(-c4ccccc4)nc3c2=O)cc1. The summed E-state index contributed by atoms with van der Waals surface area (Å²) in [5.74, 6) is 0. The summed E-state index contributed by atoms with van der Waals surface area (Å²) < 4.78 is 2.92. The first-order chi connectivity index (χ1) is 12.6. The molecule has 4 rings (SSSR count). The Labute approximate surface area is 150 Å². The van der Waals surface area contributed by atoms with Crippen molar-refractivity contribution in [3.05, 3.63) is 88.5 Å². The van der Waals surface area contributed by atoms with Crippen molar-refractivity contribution >= 4 is 10.9 Å². The quantitative estimate of drug-likeness (QED) is 0.616. The molecule has 0 spiro atoms. The number of nitrogens with zero attached hydrogens (tertiary/aromatic N) is 4. The standard InChI is InChI=1S/C20H18N4O2/c1-14-7-9-15(10-8-14)18(25)13-24-20(26)19-16(11-21-24)12-23(22-19)17-5-3-2-4-6-17/h2-12,18,25H,13H2,1H3. The van der Waals surface area contributed by atoms with E-state index in [0.717, 1.165) is 16.8 Å². The van der Waals surface area contributed by atoms with Gasteiger partial charge in [-0.15, -0.1) is 0 Å². The number of aromatic nitrogens is 4. The zero-order valence-electron chi connectivity index (χ0n) is 14.3. The summed E-state index contributed by atoms with van der Waals surface area (Å²) in [5, 5.41) is 19.7. The van der Waals surface area contributed by atoms with Crippen molar-refractivity contribution in [3.63, 3.8) is 0 Å². The van der Waals surface area contributed by atoms with Gasteiger partial charge in [-0.3, -0.25) is 4.79 Å². The minimum Gasteiger partial charge on any atom is -0.386 e. The maximum Gasteiger partial charge on any atom is 0.295 e. The molecule has 1 unspecified atom stereocenters. The third-order valence-corrected chi connectivity index (χ3v) is 4.34. The van der Waals surface area contributed by atoms with Gasteiger partial charge in [0.1, 0.15) is 0 Å². The third kappa shape index (κ3) is 3.02. The van der Waals surface area contributed by atoms with Crippen molar-refractivity contribution in [3.8, 4) is 5.69 Å². The Bertz CT molecular complexity index is 1100. The van der Waals surface area contributed by atoms with Crippen LogP contribution in [0.5, 0.6) is 0 Å². The molecule has 0 fully saturated rings. The Morgan fingerprint density at radius 3 is 2.54 bits per heavy atom. The van der Waals surface area contributed by atoms with Crippen LogP contribution in [0.25, 0.3) is 16.6 Å². The number of fused-ring (bicyclic) bond motifs is 1. The largest absolute Gasteiger partial charge is 0.386 e. The second-order valence-corrected chi connectivity index (χ2v) is 6.27. The van der Waals surface area contributed by atoms with E-state index in [1.54, 1.807) is 17.1 Å². The first kappa shape index (κ1) is 16.2. The summed E-state index contributed by atoms with van der Waals surface area (Å²) in [4.78, 5) is 12.7. The van der Waals surface area contributed by atoms with Gasteiger partial charge in [-0.05, 0) is 24.6 Å². The lowest BCUT2D eigenvalue weighted by atomic mass is 10.1. The molecule has 2 heterocycles. The molecule has 6 heteroatoms. The summed E-state index contributed by atoms with van der Waals surface area (Å²) in [6.07, 6.45) is 2.57. The summed E-state index contributed by atoms with van der Waals surface area (Å²) >= 11 is 0. The molecule has 130 valence electrons. The van der Waals surface area contributed by atoms with Gasteiger partial charge in [0.15, 0.2) is 5.52 Å². The minimum absolute atomic E-state index is 0.0794. The highest BCUT2D eigenvalue weighted by atomic mass is 16.3. The van der Waals surface area contributed by atoms with Crippen LogP contribution in [-0.4, -0.2) is 24.7 Å². The summed E-state index contributed by atoms with van der Waals surface area (Å²) in [7, 11) is 0. The van der Waals surface area contributed by atoms with E-state index in [9.17, 15) is 9.90 Å². The summed E-state index contributed by atoms with van der Waals surface area (Å²) in [6, 6.07) is 17.2. The fraction of sp³-hybridized carbons (Fsp3) is 0.150. The van der Waals surface area contributed by atoms with Crippen molar-refractivity contribution in [2.24, 2.45) is 0 Å². The molecule has 0 aliphatic heterocycles. The van der Waals surface area contributed by atoms with Crippen LogP contribution >= 0.6 is 0 Å². The zero-order valence-corrected chi connectivity index (χ0v) is 14.3. The van der Waals surface area contributed by atoms with Gasteiger partial charge in [-0.1, -0.05) is 48.0 Å². The highest BCUT2D eigenvalue weighted by Crippen LogP contribution is 2.16. The van der Waals surface area contributed by atoms with E-state index in [2.05, 4.69) is 10.2 Å². The van der Waals surface area contributed by atoms with E-state index in [1.165, 1.54) is 4.68 Å². The van der Waals surface area contributed by atoms with Crippen LogP contribution in [0.4, 0.5) is 0 Å². The highest BCUT2D eigenvalue weighted by molar-refractivity contribution is 5.76. The minimum atomic E-state index is -0.811. The van der Waals surface area contributed by atoms with Gasteiger partial charge >= 0.3 is 0 Å². The van der Waals surface area contributed by atoms with E-state index in [0.29, 0.717) is 10.9 Å². The zero-order chi connectivity index (χ0) is 18.1.